The second-order valence-electron chi connectivity index (χ2n) is 11.3. The van der Waals surface area contributed by atoms with Crippen LogP contribution in [0, 0.1) is 5.82 Å². The van der Waals surface area contributed by atoms with Crippen molar-refractivity contribution in [1.29, 1.82) is 0 Å². The van der Waals surface area contributed by atoms with Gasteiger partial charge in [-0.1, -0.05) is 72.8 Å². The van der Waals surface area contributed by atoms with Crippen LogP contribution in [0.2, 0.25) is 0 Å². The van der Waals surface area contributed by atoms with Gasteiger partial charge in [-0.25, -0.2) is 12.8 Å². The summed E-state index contributed by atoms with van der Waals surface area (Å²) in [4.78, 5) is 27.1. The number of aliphatic hydroxyl groups is 1. The Morgan fingerprint density at radius 2 is 1.50 bits per heavy atom. The van der Waals surface area contributed by atoms with Crippen LogP contribution in [-0.2, 0) is 23.0 Å². The van der Waals surface area contributed by atoms with Crippen LogP contribution in [0.4, 0.5) is 10.1 Å². The molecule has 0 aliphatic carbocycles. The Hall–Kier alpha value is -4.78. The summed E-state index contributed by atoms with van der Waals surface area (Å²) in [7, 11) is -2.36. The van der Waals surface area contributed by atoms with E-state index in [1.165, 1.54) is 38.3 Å². The number of ether oxygens (including phenoxy) is 1. The predicted molar refractivity (Wildman–Crippen MR) is 184 cm³/mol. The van der Waals surface area contributed by atoms with Crippen LogP contribution >= 0.6 is 0 Å². The van der Waals surface area contributed by atoms with Crippen molar-refractivity contribution in [3.05, 3.63) is 131 Å². The summed E-state index contributed by atoms with van der Waals surface area (Å²) in [5.41, 5.74) is 2.20. The second-order valence-corrected chi connectivity index (χ2v) is 13.3. The zero-order valence-corrected chi connectivity index (χ0v) is 27.9. The third-order valence-corrected chi connectivity index (χ3v) is 9.08. The first-order chi connectivity index (χ1) is 23.0. The largest absolute Gasteiger partial charge is 0.494 e. The third-order valence-electron chi connectivity index (χ3n) is 7.77. The Balaban J connectivity index is 1.57. The summed E-state index contributed by atoms with van der Waals surface area (Å²) in [6.07, 6.45) is -0.855. The fraction of sp³-hybridized carbons (Fsp3) is 0.278. The van der Waals surface area contributed by atoms with Gasteiger partial charge in [-0.2, -0.15) is 0 Å². The molecular formula is C36H41FN4O6S. The quantitative estimate of drug-likeness (QED) is 0.117. The number of rotatable bonds is 16. The van der Waals surface area contributed by atoms with Crippen LogP contribution in [0.5, 0.6) is 5.75 Å². The van der Waals surface area contributed by atoms with Crippen LogP contribution in [-0.4, -0.2) is 56.9 Å². The van der Waals surface area contributed by atoms with Crippen molar-refractivity contribution in [2.45, 2.75) is 45.0 Å². The summed E-state index contributed by atoms with van der Waals surface area (Å²) < 4.78 is 47.0. The van der Waals surface area contributed by atoms with Gasteiger partial charge < -0.3 is 25.8 Å². The van der Waals surface area contributed by atoms with Crippen molar-refractivity contribution in [3.63, 3.8) is 0 Å². The van der Waals surface area contributed by atoms with E-state index >= 15 is 0 Å². The molecule has 2 amide bonds. The molecule has 0 aromatic heterocycles. The molecule has 0 bridgehead atoms. The molecule has 0 radical (unpaired) electrons. The lowest BCUT2D eigenvalue weighted by molar-refractivity contribution is 0.0830. The highest BCUT2D eigenvalue weighted by Gasteiger charge is 2.24. The normalized spacial score (nSPS) is 13.2. The maximum atomic E-state index is 14.7. The molecule has 0 heterocycles. The molecule has 10 nitrogen and oxygen atoms in total. The molecule has 0 saturated heterocycles. The number of methoxy groups -OCH3 is 1. The number of aliphatic hydroxyl groups excluding tert-OH is 1. The lowest BCUT2D eigenvalue weighted by Gasteiger charge is -2.25. The van der Waals surface area contributed by atoms with Gasteiger partial charge in [0.15, 0.2) is 11.6 Å². The van der Waals surface area contributed by atoms with E-state index in [2.05, 4.69) is 20.7 Å². The summed E-state index contributed by atoms with van der Waals surface area (Å²) in [5, 5.41) is 20.1. The van der Waals surface area contributed by atoms with Crippen LogP contribution in [0.3, 0.4) is 0 Å². The SMILES string of the molecule is CCS(=O)(=O)Nc1cc(C(=O)N[C@@H](Cc2ccccc2)[C@H](O)CNCc2cccc(OC)c2F)cc(C(=O)N[C@H](C)c2ccccc2)c1. The number of hydrogen-bond donors (Lipinski definition) is 5. The fourth-order valence-corrected chi connectivity index (χ4v) is 5.68. The van der Waals surface area contributed by atoms with Crippen molar-refractivity contribution in [2.24, 2.45) is 0 Å². The minimum Gasteiger partial charge on any atom is -0.494 e. The number of benzene rings is 4. The Labute approximate surface area is 280 Å². The highest BCUT2D eigenvalue weighted by molar-refractivity contribution is 7.92. The lowest BCUT2D eigenvalue weighted by atomic mass is 10.00. The predicted octanol–water partition coefficient (Wildman–Crippen LogP) is 4.58. The van der Waals surface area contributed by atoms with E-state index in [0.717, 1.165) is 11.1 Å². The third kappa shape index (κ3) is 10.1. The number of sulfonamides is 1. The van der Waals surface area contributed by atoms with E-state index in [1.54, 1.807) is 12.1 Å². The number of nitrogens with one attached hydrogen (secondary N) is 4. The van der Waals surface area contributed by atoms with E-state index in [-0.39, 0.29) is 53.9 Å². The van der Waals surface area contributed by atoms with E-state index in [9.17, 15) is 27.5 Å². The minimum absolute atomic E-state index is 0.00972. The van der Waals surface area contributed by atoms with E-state index < -0.39 is 39.8 Å². The lowest BCUT2D eigenvalue weighted by Crippen LogP contribution is -2.48. The summed E-state index contributed by atoms with van der Waals surface area (Å²) in [6.45, 7) is 3.40. The number of carbonyl (C=O) groups is 2. The van der Waals surface area contributed by atoms with Crippen LogP contribution in [0.25, 0.3) is 0 Å². The smallest absolute Gasteiger partial charge is 0.251 e. The van der Waals surface area contributed by atoms with Crippen LogP contribution < -0.4 is 25.4 Å². The number of carbonyl (C=O) groups excluding carboxylic acids is 2. The van der Waals surface area contributed by atoms with Gasteiger partial charge in [0.1, 0.15) is 0 Å². The van der Waals surface area contributed by atoms with Gasteiger partial charge in [-0.05, 0) is 55.7 Å². The van der Waals surface area contributed by atoms with E-state index in [0.29, 0.717) is 5.56 Å². The monoisotopic (exact) mass is 676 g/mol. The molecule has 0 saturated carbocycles. The Morgan fingerprint density at radius 1 is 0.875 bits per heavy atom. The van der Waals surface area contributed by atoms with Gasteiger partial charge in [0.25, 0.3) is 11.8 Å². The summed E-state index contributed by atoms with van der Waals surface area (Å²) >= 11 is 0. The number of halogens is 1. The molecule has 0 unspecified atom stereocenters. The molecule has 4 aromatic rings. The zero-order valence-electron chi connectivity index (χ0n) is 27.1. The molecule has 0 spiro atoms. The molecule has 12 heteroatoms. The molecule has 5 N–H and O–H groups in total. The van der Waals surface area contributed by atoms with Gasteiger partial charge in [0.05, 0.1) is 36.7 Å². The van der Waals surface area contributed by atoms with Crippen molar-refractivity contribution in [3.8, 4) is 5.75 Å². The first-order valence-corrected chi connectivity index (χ1v) is 17.2. The first kappa shape index (κ1) is 36.1. The molecule has 254 valence electrons. The molecule has 0 fully saturated rings. The van der Waals surface area contributed by atoms with Crippen molar-refractivity contribution in [1.82, 2.24) is 16.0 Å². The van der Waals surface area contributed by atoms with Gasteiger partial charge in [0.2, 0.25) is 10.0 Å². The molecule has 3 atom stereocenters. The highest BCUT2D eigenvalue weighted by Crippen LogP contribution is 2.21. The standard InChI is InChI=1S/C36H41FN4O6S/c1-4-48(45,46)41-30-20-28(35(43)39-24(2)26-14-9-6-10-15-26)19-29(21-30)36(44)40-31(18-25-12-7-5-8-13-25)32(42)23-38-22-27-16-11-17-33(47-3)34(27)37/h5-17,19-21,24,31-32,38,41-42H,4,18,22-23H2,1-3H3,(H,39,43)(H,40,44)/t24-,31+,32-/m1/s1. The van der Waals surface area contributed by atoms with Crippen LogP contribution in [0.1, 0.15) is 57.3 Å². The second kappa shape index (κ2) is 16.9. The number of anilines is 1. The van der Waals surface area contributed by atoms with E-state index in [4.69, 9.17) is 4.74 Å². The van der Waals surface area contributed by atoms with Gasteiger partial charge in [-0.15, -0.1) is 0 Å². The Bertz CT molecular complexity index is 1790. The average molecular weight is 677 g/mol. The van der Waals surface area contributed by atoms with Crippen molar-refractivity contribution >= 4 is 27.5 Å². The number of amides is 2. The Morgan fingerprint density at radius 3 is 2.12 bits per heavy atom. The summed E-state index contributed by atoms with van der Waals surface area (Å²) in [6, 6.07) is 26.3. The fourth-order valence-electron chi connectivity index (χ4n) is 5.06. The highest BCUT2D eigenvalue weighted by atomic mass is 32.2. The van der Waals surface area contributed by atoms with Crippen LogP contribution in [0.15, 0.2) is 97.1 Å². The molecule has 4 rings (SSSR count). The number of hydrogen-bond acceptors (Lipinski definition) is 7. The topological polar surface area (TPSA) is 146 Å². The zero-order chi connectivity index (χ0) is 34.7. The molecular weight excluding hydrogens is 635 g/mol. The maximum Gasteiger partial charge on any atom is 0.251 e. The molecule has 0 aliphatic heterocycles. The van der Waals surface area contributed by atoms with Gasteiger partial charge in [0, 0.05) is 29.8 Å². The summed E-state index contributed by atoms with van der Waals surface area (Å²) in [5.74, 6) is -1.75. The molecule has 4 aromatic carbocycles. The Kier molecular flexibility index (Phi) is 12.7. The minimum atomic E-state index is -3.74. The van der Waals surface area contributed by atoms with Crippen molar-refractivity contribution < 1.29 is 32.2 Å². The van der Waals surface area contributed by atoms with Gasteiger partial charge in [-0.3, -0.25) is 14.3 Å². The maximum absolute atomic E-state index is 14.7. The van der Waals surface area contributed by atoms with Crippen molar-refractivity contribution in [2.75, 3.05) is 24.1 Å². The molecule has 48 heavy (non-hydrogen) atoms. The van der Waals surface area contributed by atoms with Gasteiger partial charge >= 0.3 is 0 Å². The average Bonchev–Trinajstić information content (AvgIpc) is 3.09. The first-order valence-electron chi connectivity index (χ1n) is 15.6. The molecule has 0 aliphatic rings. The van der Waals surface area contributed by atoms with E-state index in [1.807, 2.05) is 67.6 Å².